The van der Waals surface area contributed by atoms with E-state index in [1.807, 2.05) is 0 Å². The van der Waals surface area contributed by atoms with Gasteiger partial charge in [-0.25, -0.2) is 0 Å². The minimum atomic E-state index is 0.251. The minimum Gasteiger partial charge on any atom is -0.490 e. The average molecular weight is 290 g/mol. The van der Waals surface area contributed by atoms with Gasteiger partial charge < -0.3 is 4.74 Å². The van der Waals surface area contributed by atoms with E-state index in [-0.39, 0.29) is 6.10 Å². The van der Waals surface area contributed by atoms with Gasteiger partial charge in [-0.05, 0) is 60.6 Å². The zero-order chi connectivity index (χ0) is 9.84. The highest BCUT2D eigenvalue weighted by molar-refractivity contribution is 14.1. The largest absolute Gasteiger partial charge is 0.490 e. The highest BCUT2D eigenvalue weighted by atomic mass is 127. The lowest BCUT2D eigenvalue weighted by Gasteiger charge is -2.12. The Balaban J connectivity index is 2.90. The lowest BCUT2D eigenvalue weighted by molar-refractivity contribution is 0.240. The van der Waals surface area contributed by atoms with Crippen molar-refractivity contribution in [1.82, 2.24) is 0 Å². The molecule has 0 amide bonds. The van der Waals surface area contributed by atoms with E-state index in [1.54, 1.807) is 0 Å². The zero-order valence-electron chi connectivity index (χ0n) is 8.30. The van der Waals surface area contributed by atoms with Gasteiger partial charge in [-0.3, -0.25) is 0 Å². The molecule has 1 nitrogen and oxygen atoms in total. The van der Waals surface area contributed by atoms with E-state index in [4.69, 9.17) is 4.74 Å². The highest BCUT2D eigenvalue weighted by Gasteiger charge is 2.03. The van der Waals surface area contributed by atoms with Crippen molar-refractivity contribution in [2.45, 2.75) is 33.3 Å². The van der Waals surface area contributed by atoms with Crippen molar-refractivity contribution in [2.75, 3.05) is 0 Å². The normalized spacial score (nSPS) is 10.5. The van der Waals surface area contributed by atoms with Crippen LogP contribution in [0.15, 0.2) is 18.2 Å². The molecule has 13 heavy (non-hydrogen) atoms. The van der Waals surface area contributed by atoms with Gasteiger partial charge in [-0.15, -0.1) is 0 Å². The molecule has 72 valence electrons. The Morgan fingerprint density at radius 2 is 2.08 bits per heavy atom. The molecule has 0 fully saturated rings. The van der Waals surface area contributed by atoms with E-state index in [1.165, 1.54) is 9.13 Å². The summed E-state index contributed by atoms with van der Waals surface area (Å²) < 4.78 is 6.86. The molecular weight excluding hydrogens is 275 g/mol. The van der Waals surface area contributed by atoms with E-state index >= 15 is 0 Å². The molecule has 0 saturated carbocycles. The Morgan fingerprint density at radius 3 is 2.62 bits per heavy atom. The number of benzene rings is 1. The van der Waals surface area contributed by atoms with Gasteiger partial charge in [-0.2, -0.15) is 0 Å². The third kappa shape index (κ3) is 3.18. The molecule has 1 rings (SSSR count). The first-order valence-electron chi connectivity index (χ1n) is 4.58. The maximum absolute atomic E-state index is 5.68. The summed E-state index contributed by atoms with van der Waals surface area (Å²) in [6.07, 6.45) is 1.31. The molecular formula is C11H15IO. The molecule has 0 aliphatic rings. The molecule has 0 atom stereocenters. The average Bonchev–Trinajstić information content (AvgIpc) is 2.08. The molecule has 0 aliphatic heterocycles. The molecule has 0 bridgehead atoms. The molecule has 0 heterocycles. The van der Waals surface area contributed by atoms with Crippen molar-refractivity contribution in [2.24, 2.45) is 0 Å². The van der Waals surface area contributed by atoms with Crippen LogP contribution in [0.25, 0.3) is 0 Å². The molecule has 0 aromatic heterocycles. The van der Waals surface area contributed by atoms with Gasteiger partial charge in [0.05, 0.1) is 9.67 Å². The van der Waals surface area contributed by atoms with E-state index < -0.39 is 0 Å². The van der Waals surface area contributed by atoms with Crippen LogP contribution in [0.4, 0.5) is 0 Å². The Kier molecular flexibility index (Phi) is 4.03. The van der Waals surface area contributed by atoms with Gasteiger partial charge in [0.15, 0.2) is 0 Å². The maximum atomic E-state index is 5.68. The standard InChI is InChI=1S/C11H15IO/c1-4-9-5-6-10(12)11(7-9)13-8(2)3/h5-8H,4H2,1-3H3. The number of hydrogen-bond acceptors (Lipinski definition) is 1. The summed E-state index contributed by atoms with van der Waals surface area (Å²) in [6.45, 7) is 6.25. The van der Waals surface area contributed by atoms with Gasteiger partial charge >= 0.3 is 0 Å². The zero-order valence-corrected chi connectivity index (χ0v) is 10.5. The molecule has 2 heteroatoms. The number of aryl methyl sites for hydroxylation is 1. The van der Waals surface area contributed by atoms with Crippen molar-refractivity contribution in [3.63, 3.8) is 0 Å². The molecule has 1 aromatic rings. The molecule has 0 N–H and O–H groups in total. The van der Waals surface area contributed by atoms with Gasteiger partial charge in [0.1, 0.15) is 5.75 Å². The number of hydrogen-bond donors (Lipinski definition) is 0. The number of halogens is 1. The van der Waals surface area contributed by atoms with E-state index in [0.717, 1.165) is 12.2 Å². The van der Waals surface area contributed by atoms with Crippen LogP contribution in [-0.2, 0) is 6.42 Å². The fourth-order valence-corrected chi connectivity index (χ4v) is 1.57. The fourth-order valence-electron chi connectivity index (χ4n) is 1.11. The van der Waals surface area contributed by atoms with Gasteiger partial charge in [0.25, 0.3) is 0 Å². The van der Waals surface area contributed by atoms with Crippen LogP contribution in [0.3, 0.4) is 0 Å². The smallest absolute Gasteiger partial charge is 0.133 e. The van der Waals surface area contributed by atoms with Crippen LogP contribution in [-0.4, -0.2) is 6.10 Å². The third-order valence-corrected chi connectivity index (χ3v) is 2.66. The van der Waals surface area contributed by atoms with E-state index in [9.17, 15) is 0 Å². The lowest BCUT2D eigenvalue weighted by Crippen LogP contribution is -2.06. The van der Waals surface area contributed by atoms with Crippen LogP contribution >= 0.6 is 22.6 Å². The SMILES string of the molecule is CCc1ccc(I)c(OC(C)C)c1. The highest BCUT2D eigenvalue weighted by Crippen LogP contribution is 2.23. The number of rotatable bonds is 3. The topological polar surface area (TPSA) is 9.23 Å². The first-order valence-corrected chi connectivity index (χ1v) is 5.66. The molecule has 0 aliphatic carbocycles. The number of ether oxygens (including phenoxy) is 1. The summed E-state index contributed by atoms with van der Waals surface area (Å²) in [7, 11) is 0. The van der Waals surface area contributed by atoms with Gasteiger partial charge in [-0.1, -0.05) is 13.0 Å². The van der Waals surface area contributed by atoms with Crippen LogP contribution in [0.2, 0.25) is 0 Å². The van der Waals surface area contributed by atoms with Crippen molar-refractivity contribution in [3.8, 4) is 5.75 Å². The molecule has 0 unspecified atom stereocenters. The Hall–Kier alpha value is -0.250. The van der Waals surface area contributed by atoms with Crippen molar-refractivity contribution in [1.29, 1.82) is 0 Å². The Bertz CT molecular complexity index is 281. The molecule has 0 saturated heterocycles. The minimum absolute atomic E-state index is 0.251. The summed E-state index contributed by atoms with van der Waals surface area (Å²) >= 11 is 2.30. The second-order valence-electron chi connectivity index (χ2n) is 3.28. The second kappa shape index (κ2) is 4.84. The first kappa shape index (κ1) is 10.8. The van der Waals surface area contributed by atoms with Crippen molar-refractivity contribution >= 4 is 22.6 Å². The van der Waals surface area contributed by atoms with E-state index in [2.05, 4.69) is 61.6 Å². The summed E-state index contributed by atoms with van der Waals surface area (Å²) in [6, 6.07) is 6.38. The molecule has 1 aromatic carbocycles. The summed E-state index contributed by atoms with van der Waals surface area (Å²) in [5.74, 6) is 1.01. The van der Waals surface area contributed by atoms with Crippen molar-refractivity contribution in [3.05, 3.63) is 27.3 Å². The van der Waals surface area contributed by atoms with Gasteiger partial charge in [0.2, 0.25) is 0 Å². The predicted molar refractivity (Wildman–Crippen MR) is 64.3 cm³/mol. The van der Waals surface area contributed by atoms with Crippen LogP contribution in [0.5, 0.6) is 5.75 Å². The predicted octanol–water partition coefficient (Wildman–Crippen LogP) is 3.64. The molecule has 0 radical (unpaired) electrons. The van der Waals surface area contributed by atoms with Crippen molar-refractivity contribution < 1.29 is 4.74 Å². The Morgan fingerprint density at radius 1 is 1.38 bits per heavy atom. The Labute approximate surface area is 93.6 Å². The quantitative estimate of drug-likeness (QED) is 0.772. The summed E-state index contributed by atoms with van der Waals surface area (Å²) in [5.41, 5.74) is 1.33. The second-order valence-corrected chi connectivity index (χ2v) is 4.45. The van der Waals surface area contributed by atoms with Crippen LogP contribution in [0.1, 0.15) is 26.3 Å². The lowest BCUT2D eigenvalue weighted by atomic mass is 10.2. The summed E-state index contributed by atoms with van der Waals surface area (Å²) in [5, 5.41) is 0. The summed E-state index contributed by atoms with van der Waals surface area (Å²) in [4.78, 5) is 0. The van der Waals surface area contributed by atoms with Gasteiger partial charge in [0, 0.05) is 0 Å². The third-order valence-electron chi connectivity index (χ3n) is 1.77. The van der Waals surface area contributed by atoms with Crippen LogP contribution in [0, 0.1) is 3.57 Å². The first-order chi connectivity index (χ1) is 6.13. The fraction of sp³-hybridized carbons (Fsp3) is 0.455. The van der Waals surface area contributed by atoms with Crippen LogP contribution < -0.4 is 4.74 Å². The molecule has 0 spiro atoms. The van der Waals surface area contributed by atoms with E-state index in [0.29, 0.717) is 0 Å². The maximum Gasteiger partial charge on any atom is 0.133 e. The monoisotopic (exact) mass is 290 g/mol.